The molecule has 2 aromatic rings. The van der Waals surface area contributed by atoms with E-state index in [1.807, 2.05) is 25.1 Å². The first-order valence-corrected chi connectivity index (χ1v) is 8.93. The van der Waals surface area contributed by atoms with Crippen molar-refractivity contribution in [3.05, 3.63) is 33.9 Å². The zero-order valence-electron chi connectivity index (χ0n) is 12.9. The monoisotopic (exact) mass is 396 g/mol. The minimum absolute atomic E-state index is 0.105. The molecule has 0 radical (unpaired) electrons. The number of carbonyl (C=O) groups excluding carboxylic acids is 1. The number of hydrogen-bond acceptors (Lipinski definition) is 4. The maximum Gasteiger partial charge on any atom is 0.310 e. The number of aromatic nitrogens is 1. The van der Waals surface area contributed by atoms with Gasteiger partial charge in [-0.25, -0.2) is 4.98 Å². The normalized spacial score (nSPS) is 18.2. The fourth-order valence-corrected chi connectivity index (χ4v) is 3.78. The first-order valence-electron chi connectivity index (χ1n) is 7.76. The van der Waals surface area contributed by atoms with Crippen LogP contribution in [0, 0.1) is 5.92 Å². The molecule has 0 spiro atoms. The number of nitrogens with zero attached hydrogens (tertiary/aromatic N) is 2. The third-order valence-corrected chi connectivity index (χ3v) is 5.15. The first kappa shape index (κ1) is 16.5. The molecule has 1 saturated heterocycles. The zero-order chi connectivity index (χ0) is 16.4. The van der Waals surface area contributed by atoms with Crippen molar-refractivity contribution in [2.45, 2.75) is 19.8 Å². The molecule has 1 fully saturated rings. The van der Waals surface area contributed by atoms with Crippen LogP contribution in [0.1, 0.15) is 19.8 Å². The molecule has 0 amide bonds. The third kappa shape index (κ3) is 3.31. The minimum atomic E-state index is -0.121. The number of esters is 1. The van der Waals surface area contributed by atoms with E-state index in [1.54, 1.807) is 6.20 Å². The topological polar surface area (TPSA) is 42.4 Å². The highest BCUT2D eigenvalue weighted by atomic mass is 79.9. The van der Waals surface area contributed by atoms with Gasteiger partial charge in [-0.15, -0.1) is 0 Å². The van der Waals surface area contributed by atoms with Crippen molar-refractivity contribution >= 4 is 50.1 Å². The van der Waals surface area contributed by atoms with E-state index in [0.29, 0.717) is 18.2 Å². The van der Waals surface area contributed by atoms with Gasteiger partial charge in [0.15, 0.2) is 0 Å². The van der Waals surface area contributed by atoms with Crippen LogP contribution in [0.2, 0.25) is 5.02 Å². The Labute approximate surface area is 148 Å². The highest BCUT2D eigenvalue weighted by Gasteiger charge is 2.28. The molecule has 0 saturated carbocycles. The predicted octanol–water partition coefficient (Wildman–Crippen LogP) is 4.43. The van der Waals surface area contributed by atoms with Crippen LogP contribution in [0.25, 0.3) is 10.8 Å². The summed E-state index contributed by atoms with van der Waals surface area (Å²) >= 11 is 9.99. The summed E-state index contributed by atoms with van der Waals surface area (Å²) in [6, 6.07) is 5.75. The Hall–Kier alpha value is -1.33. The Balaban J connectivity index is 1.97. The van der Waals surface area contributed by atoms with E-state index in [-0.39, 0.29) is 11.9 Å². The summed E-state index contributed by atoms with van der Waals surface area (Å²) in [6.45, 7) is 3.74. The lowest BCUT2D eigenvalue weighted by Crippen LogP contribution is -2.40. The molecule has 0 aliphatic carbocycles. The fraction of sp³-hybridized carbons (Fsp3) is 0.412. The summed E-state index contributed by atoms with van der Waals surface area (Å²) in [5, 5.41) is 2.62. The van der Waals surface area contributed by atoms with Gasteiger partial charge in [-0.2, -0.15) is 0 Å². The smallest absolute Gasteiger partial charge is 0.310 e. The Morgan fingerprint density at radius 2 is 2.30 bits per heavy atom. The molecule has 1 unspecified atom stereocenters. The van der Waals surface area contributed by atoms with Gasteiger partial charge in [-0.1, -0.05) is 27.5 Å². The van der Waals surface area contributed by atoms with E-state index < -0.39 is 0 Å². The number of ether oxygens (including phenoxy) is 1. The van der Waals surface area contributed by atoms with Crippen LogP contribution < -0.4 is 4.90 Å². The van der Waals surface area contributed by atoms with E-state index >= 15 is 0 Å². The van der Waals surface area contributed by atoms with Crippen LogP contribution in [0.3, 0.4) is 0 Å². The highest BCUT2D eigenvalue weighted by Crippen LogP contribution is 2.36. The van der Waals surface area contributed by atoms with Crippen molar-refractivity contribution in [2.24, 2.45) is 5.92 Å². The van der Waals surface area contributed by atoms with Crippen LogP contribution in [-0.4, -0.2) is 30.6 Å². The van der Waals surface area contributed by atoms with Crippen molar-refractivity contribution in [3.63, 3.8) is 0 Å². The van der Waals surface area contributed by atoms with Crippen molar-refractivity contribution in [1.82, 2.24) is 4.98 Å². The summed E-state index contributed by atoms with van der Waals surface area (Å²) < 4.78 is 6.16. The van der Waals surface area contributed by atoms with Gasteiger partial charge in [0.05, 0.1) is 17.5 Å². The van der Waals surface area contributed by atoms with E-state index in [4.69, 9.17) is 16.3 Å². The van der Waals surface area contributed by atoms with Gasteiger partial charge in [0.1, 0.15) is 5.82 Å². The summed E-state index contributed by atoms with van der Waals surface area (Å²) in [7, 11) is 0. The van der Waals surface area contributed by atoms with Gasteiger partial charge < -0.3 is 9.64 Å². The van der Waals surface area contributed by atoms with E-state index in [0.717, 1.165) is 40.4 Å². The maximum absolute atomic E-state index is 12.1. The molecule has 122 valence electrons. The van der Waals surface area contributed by atoms with E-state index in [9.17, 15) is 4.79 Å². The first-order chi connectivity index (χ1) is 11.1. The molecular weight excluding hydrogens is 380 g/mol. The number of hydrogen-bond donors (Lipinski definition) is 0. The van der Waals surface area contributed by atoms with Crippen LogP contribution in [0.15, 0.2) is 28.9 Å². The Morgan fingerprint density at radius 1 is 1.48 bits per heavy atom. The maximum atomic E-state index is 12.1. The Kier molecular flexibility index (Phi) is 5.07. The largest absolute Gasteiger partial charge is 0.466 e. The Morgan fingerprint density at radius 3 is 3.09 bits per heavy atom. The molecule has 4 nitrogen and oxygen atoms in total. The van der Waals surface area contributed by atoms with Gasteiger partial charge >= 0.3 is 5.97 Å². The summed E-state index contributed by atoms with van der Waals surface area (Å²) in [4.78, 5) is 18.7. The number of fused-ring (bicyclic) bond motifs is 1. The van der Waals surface area contributed by atoms with Crippen molar-refractivity contribution < 1.29 is 9.53 Å². The van der Waals surface area contributed by atoms with E-state index in [2.05, 4.69) is 25.8 Å². The van der Waals surface area contributed by atoms with Crippen molar-refractivity contribution in [1.29, 1.82) is 0 Å². The molecule has 3 rings (SSSR count). The number of halogens is 2. The fourth-order valence-electron chi connectivity index (χ4n) is 3.07. The second kappa shape index (κ2) is 7.05. The van der Waals surface area contributed by atoms with Gasteiger partial charge in [0.2, 0.25) is 0 Å². The average Bonchev–Trinajstić information content (AvgIpc) is 2.58. The van der Waals surface area contributed by atoms with Crippen LogP contribution in [-0.2, 0) is 9.53 Å². The SMILES string of the molecule is CCOC(=O)C1CCCN(c2nccc3c(Br)ccc(Cl)c23)C1. The van der Waals surface area contributed by atoms with Crippen molar-refractivity contribution in [2.75, 3.05) is 24.6 Å². The molecule has 1 aliphatic heterocycles. The molecule has 23 heavy (non-hydrogen) atoms. The van der Waals surface area contributed by atoms with Gasteiger partial charge in [0, 0.05) is 34.5 Å². The number of benzene rings is 1. The number of piperidine rings is 1. The Bertz CT molecular complexity index is 738. The summed E-state index contributed by atoms with van der Waals surface area (Å²) in [6.07, 6.45) is 3.58. The molecule has 1 aromatic heterocycles. The van der Waals surface area contributed by atoms with Gasteiger partial charge in [-0.05, 0) is 38.0 Å². The van der Waals surface area contributed by atoms with Gasteiger partial charge in [0.25, 0.3) is 0 Å². The molecule has 1 atom stereocenters. The second-order valence-electron chi connectivity index (χ2n) is 5.62. The summed E-state index contributed by atoms with van der Waals surface area (Å²) in [5.41, 5.74) is 0. The van der Waals surface area contributed by atoms with Gasteiger partial charge in [-0.3, -0.25) is 4.79 Å². The molecule has 1 aliphatic rings. The van der Waals surface area contributed by atoms with Crippen LogP contribution in [0.4, 0.5) is 5.82 Å². The minimum Gasteiger partial charge on any atom is -0.466 e. The lowest BCUT2D eigenvalue weighted by Gasteiger charge is -2.33. The average molecular weight is 398 g/mol. The lowest BCUT2D eigenvalue weighted by atomic mass is 9.97. The number of carbonyl (C=O) groups is 1. The molecular formula is C17H18BrClN2O2. The predicted molar refractivity (Wildman–Crippen MR) is 96.0 cm³/mol. The molecule has 0 bridgehead atoms. The zero-order valence-corrected chi connectivity index (χ0v) is 15.2. The highest BCUT2D eigenvalue weighted by molar-refractivity contribution is 9.10. The molecule has 6 heteroatoms. The summed E-state index contributed by atoms with van der Waals surface area (Å²) in [5.74, 6) is 0.610. The number of anilines is 1. The molecule has 2 heterocycles. The quantitative estimate of drug-likeness (QED) is 0.719. The molecule has 0 N–H and O–H groups in total. The third-order valence-electron chi connectivity index (χ3n) is 4.14. The van der Waals surface area contributed by atoms with Crippen molar-refractivity contribution in [3.8, 4) is 0 Å². The van der Waals surface area contributed by atoms with E-state index in [1.165, 1.54) is 0 Å². The van der Waals surface area contributed by atoms with Crippen LogP contribution >= 0.6 is 27.5 Å². The van der Waals surface area contributed by atoms with Crippen LogP contribution in [0.5, 0.6) is 0 Å². The lowest BCUT2D eigenvalue weighted by molar-refractivity contribution is -0.148. The molecule has 1 aromatic carbocycles. The standard InChI is InChI=1S/C17H18BrClN2O2/c1-2-23-17(22)11-4-3-9-21(10-11)16-15-12(7-8-20-16)13(18)5-6-14(15)19/h5-8,11H,2-4,9-10H2,1H3. The number of rotatable bonds is 3. The second-order valence-corrected chi connectivity index (χ2v) is 6.89. The number of pyridine rings is 1.